The van der Waals surface area contributed by atoms with Crippen LogP contribution in [0.4, 0.5) is 0 Å². The number of hydrogen-bond acceptors (Lipinski definition) is 2. The summed E-state index contributed by atoms with van der Waals surface area (Å²) in [6.45, 7) is 3.96. The lowest BCUT2D eigenvalue weighted by Crippen LogP contribution is -2.35. The summed E-state index contributed by atoms with van der Waals surface area (Å²) >= 11 is 0. The van der Waals surface area contributed by atoms with Gasteiger partial charge in [0.05, 0.1) is 0 Å². The van der Waals surface area contributed by atoms with Crippen LogP contribution in [0, 0.1) is 6.92 Å². The summed E-state index contributed by atoms with van der Waals surface area (Å²) in [5, 5.41) is 13.6. The molecule has 0 spiro atoms. The highest BCUT2D eigenvalue weighted by Crippen LogP contribution is 2.34. The van der Waals surface area contributed by atoms with Crippen LogP contribution < -0.4 is 5.32 Å². The molecule has 0 heterocycles. The number of phenolic OH excluding ortho intramolecular Hbond substituents is 1. The van der Waals surface area contributed by atoms with Gasteiger partial charge >= 0.3 is 0 Å². The Morgan fingerprint density at radius 3 is 2.25 bits per heavy atom. The van der Waals surface area contributed by atoms with Crippen molar-refractivity contribution < 1.29 is 9.90 Å². The Balaban J connectivity index is 1.75. The normalized spacial score (nSPS) is 12.9. The average Bonchev–Trinajstić information content (AvgIpc) is 2.68. The van der Waals surface area contributed by atoms with E-state index < -0.39 is 0 Å². The third-order valence-corrected chi connectivity index (χ3v) is 4.94. The summed E-state index contributed by atoms with van der Waals surface area (Å²) in [5.41, 5.74) is 4.00. The molecule has 0 aliphatic carbocycles. The van der Waals surface area contributed by atoms with Crippen molar-refractivity contribution in [2.45, 2.75) is 38.6 Å². The van der Waals surface area contributed by atoms with Crippen molar-refractivity contribution in [3.63, 3.8) is 0 Å². The molecule has 0 aliphatic heterocycles. The molecule has 3 heteroatoms. The summed E-state index contributed by atoms with van der Waals surface area (Å²) in [7, 11) is 0. The zero-order chi connectivity index (χ0) is 19.9. The van der Waals surface area contributed by atoms with Crippen LogP contribution in [-0.4, -0.2) is 17.1 Å². The first kappa shape index (κ1) is 19.7. The van der Waals surface area contributed by atoms with Crippen LogP contribution in [0.2, 0.25) is 0 Å². The molecule has 0 bridgehead atoms. The van der Waals surface area contributed by atoms with Gasteiger partial charge in [0.2, 0.25) is 5.91 Å². The van der Waals surface area contributed by atoms with E-state index in [4.69, 9.17) is 0 Å². The Hall–Kier alpha value is -3.07. The minimum atomic E-state index is -0.189. The maximum absolute atomic E-state index is 12.8. The zero-order valence-electron chi connectivity index (χ0n) is 16.4. The molecule has 1 amide bonds. The number of amides is 1. The molecular weight excluding hydrogens is 346 g/mol. The van der Waals surface area contributed by atoms with E-state index >= 15 is 0 Å². The maximum Gasteiger partial charge on any atom is 0.221 e. The average molecular weight is 373 g/mol. The van der Waals surface area contributed by atoms with E-state index in [1.807, 2.05) is 74.5 Å². The number of hydrogen-bond donors (Lipinski definition) is 2. The van der Waals surface area contributed by atoms with Crippen molar-refractivity contribution >= 4 is 5.91 Å². The molecule has 28 heavy (non-hydrogen) atoms. The molecule has 2 atom stereocenters. The monoisotopic (exact) mass is 373 g/mol. The van der Waals surface area contributed by atoms with E-state index in [0.29, 0.717) is 6.42 Å². The minimum Gasteiger partial charge on any atom is -0.508 e. The van der Waals surface area contributed by atoms with Gasteiger partial charge in [0, 0.05) is 23.9 Å². The first-order valence-electron chi connectivity index (χ1n) is 9.70. The lowest BCUT2D eigenvalue weighted by atomic mass is 9.87. The van der Waals surface area contributed by atoms with Gasteiger partial charge in [-0.1, -0.05) is 72.8 Å². The Morgan fingerprint density at radius 1 is 0.964 bits per heavy atom. The van der Waals surface area contributed by atoms with Crippen LogP contribution in [0.3, 0.4) is 0 Å². The fourth-order valence-corrected chi connectivity index (χ4v) is 3.58. The molecule has 144 valence electrons. The van der Waals surface area contributed by atoms with Gasteiger partial charge in [0.15, 0.2) is 0 Å². The molecular formula is C25H27NO2. The molecule has 3 aromatic rings. The molecule has 0 saturated heterocycles. The van der Waals surface area contributed by atoms with Crippen molar-refractivity contribution in [2.75, 3.05) is 0 Å². The zero-order valence-corrected chi connectivity index (χ0v) is 16.4. The number of aromatic hydroxyl groups is 1. The minimum absolute atomic E-state index is 0.0164. The maximum atomic E-state index is 12.8. The number of carbonyl (C=O) groups is 1. The Bertz CT molecular complexity index is 906. The van der Waals surface area contributed by atoms with Gasteiger partial charge in [-0.15, -0.1) is 0 Å². The van der Waals surface area contributed by atoms with E-state index in [9.17, 15) is 9.90 Å². The third-order valence-electron chi connectivity index (χ3n) is 4.94. The first-order chi connectivity index (χ1) is 13.5. The Morgan fingerprint density at radius 2 is 1.61 bits per heavy atom. The molecule has 0 radical (unpaired) electrons. The number of phenols is 1. The van der Waals surface area contributed by atoms with Crippen LogP contribution in [0.15, 0.2) is 78.9 Å². The van der Waals surface area contributed by atoms with E-state index in [1.165, 1.54) is 5.56 Å². The molecule has 3 nitrogen and oxygen atoms in total. The summed E-state index contributed by atoms with van der Waals surface area (Å²) < 4.78 is 0. The number of rotatable bonds is 7. The summed E-state index contributed by atoms with van der Waals surface area (Å²) in [6, 6.07) is 25.7. The van der Waals surface area contributed by atoms with Gasteiger partial charge in [0.1, 0.15) is 5.75 Å². The second-order valence-corrected chi connectivity index (χ2v) is 7.39. The molecule has 0 aromatic heterocycles. The molecule has 0 aliphatic rings. The topological polar surface area (TPSA) is 49.3 Å². The predicted molar refractivity (Wildman–Crippen MR) is 113 cm³/mol. The van der Waals surface area contributed by atoms with E-state index in [0.717, 1.165) is 23.1 Å². The lowest BCUT2D eigenvalue weighted by molar-refractivity contribution is -0.121. The number of benzene rings is 3. The third kappa shape index (κ3) is 5.23. The van der Waals surface area contributed by atoms with Crippen molar-refractivity contribution in [1.29, 1.82) is 0 Å². The Kier molecular flexibility index (Phi) is 6.49. The summed E-state index contributed by atoms with van der Waals surface area (Å²) in [6.07, 6.45) is 1.08. The number of aryl methyl sites for hydroxylation is 1. The van der Waals surface area contributed by atoms with Crippen molar-refractivity contribution in [1.82, 2.24) is 5.32 Å². The van der Waals surface area contributed by atoms with Crippen LogP contribution in [0.25, 0.3) is 0 Å². The second-order valence-electron chi connectivity index (χ2n) is 7.39. The van der Waals surface area contributed by atoms with Crippen LogP contribution in [0.5, 0.6) is 5.75 Å². The number of nitrogens with one attached hydrogen (secondary N) is 1. The highest BCUT2D eigenvalue weighted by atomic mass is 16.3. The molecule has 3 aromatic carbocycles. The van der Waals surface area contributed by atoms with Crippen molar-refractivity contribution in [3.05, 3.63) is 101 Å². The summed E-state index contributed by atoms with van der Waals surface area (Å²) in [4.78, 5) is 12.8. The largest absolute Gasteiger partial charge is 0.508 e. The molecule has 3 rings (SSSR count). The van der Waals surface area contributed by atoms with Crippen LogP contribution in [-0.2, 0) is 11.2 Å². The van der Waals surface area contributed by atoms with Gasteiger partial charge in [-0.3, -0.25) is 4.79 Å². The second kappa shape index (κ2) is 9.23. The fourth-order valence-electron chi connectivity index (χ4n) is 3.58. The molecule has 2 N–H and O–H groups in total. The lowest BCUT2D eigenvalue weighted by Gasteiger charge is -2.21. The van der Waals surface area contributed by atoms with E-state index in [-0.39, 0.29) is 23.6 Å². The highest BCUT2D eigenvalue weighted by Gasteiger charge is 2.22. The van der Waals surface area contributed by atoms with Gasteiger partial charge in [-0.05, 0) is 43.0 Å². The SMILES string of the molecule is Cc1ccc(C(CC(=O)NC(C)Cc2ccccc2)c2ccccc2)c(O)c1. The predicted octanol–water partition coefficient (Wildman–Crippen LogP) is 4.97. The highest BCUT2D eigenvalue weighted by molar-refractivity contribution is 5.78. The Labute approximate surface area is 167 Å². The van der Waals surface area contributed by atoms with Crippen LogP contribution in [0.1, 0.15) is 41.5 Å². The smallest absolute Gasteiger partial charge is 0.221 e. The standard InChI is InChI=1S/C25H27NO2/c1-18-13-14-22(24(27)15-18)23(21-11-7-4-8-12-21)17-25(28)26-19(2)16-20-9-5-3-6-10-20/h3-15,19,23,27H,16-17H2,1-2H3,(H,26,28). The van der Waals surface area contributed by atoms with Gasteiger partial charge in [-0.25, -0.2) is 0 Å². The molecule has 0 saturated carbocycles. The van der Waals surface area contributed by atoms with Crippen molar-refractivity contribution in [2.24, 2.45) is 0 Å². The van der Waals surface area contributed by atoms with E-state index in [1.54, 1.807) is 6.07 Å². The summed E-state index contributed by atoms with van der Waals surface area (Å²) in [5.74, 6) is 0.0296. The van der Waals surface area contributed by atoms with E-state index in [2.05, 4.69) is 17.4 Å². The quantitative estimate of drug-likeness (QED) is 0.614. The molecule has 2 unspecified atom stereocenters. The fraction of sp³-hybridized carbons (Fsp3) is 0.240. The number of carbonyl (C=O) groups excluding carboxylic acids is 1. The first-order valence-corrected chi connectivity index (χ1v) is 9.70. The molecule has 0 fully saturated rings. The van der Waals surface area contributed by atoms with Crippen molar-refractivity contribution in [3.8, 4) is 5.75 Å². The van der Waals surface area contributed by atoms with Gasteiger partial charge in [0.25, 0.3) is 0 Å². The van der Waals surface area contributed by atoms with Gasteiger partial charge in [-0.2, -0.15) is 0 Å². The van der Waals surface area contributed by atoms with Gasteiger partial charge < -0.3 is 10.4 Å². The van der Waals surface area contributed by atoms with Crippen LogP contribution >= 0.6 is 0 Å².